The molecule has 0 spiro atoms. The summed E-state index contributed by atoms with van der Waals surface area (Å²) in [6, 6.07) is 9.44. The first-order valence-corrected chi connectivity index (χ1v) is 6.71. The fraction of sp³-hybridized carbons (Fsp3) is 0.133. The predicted molar refractivity (Wildman–Crippen MR) is 75.0 cm³/mol. The second-order valence-electron chi connectivity index (χ2n) is 4.27. The summed E-state index contributed by atoms with van der Waals surface area (Å²) in [5, 5.41) is 0. The summed E-state index contributed by atoms with van der Waals surface area (Å²) in [5.41, 5.74) is 2.12. The highest BCUT2D eigenvalue weighted by atomic mass is 32.2. The molecule has 2 nitrogen and oxygen atoms in total. The average molecular weight is 255 g/mol. The molecule has 1 aliphatic heterocycles. The van der Waals surface area contributed by atoms with Gasteiger partial charge in [-0.3, -0.25) is 4.79 Å². The summed E-state index contributed by atoms with van der Waals surface area (Å²) in [4.78, 5) is 13.3. The summed E-state index contributed by atoms with van der Waals surface area (Å²) in [7, 11) is 0. The number of ketones is 1. The molecule has 18 heavy (non-hydrogen) atoms. The first-order chi connectivity index (χ1) is 8.83. The molecule has 90 valence electrons. The van der Waals surface area contributed by atoms with Crippen molar-refractivity contribution in [2.24, 2.45) is 0 Å². The second kappa shape index (κ2) is 4.86. The van der Waals surface area contributed by atoms with E-state index in [4.69, 9.17) is 0 Å². The molecule has 1 aliphatic carbocycles. The van der Waals surface area contributed by atoms with Crippen molar-refractivity contribution in [1.29, 1.82) is 0 Å². The minimum absolute atomic E-state index is 0.152. The maximum atomic E-state index is 12.1. The van der Waals surface area contributed by atoms with Crippen molar-refractivity contribution in [3.63, 3.8) is 0 Å². The lowest BCUT2D eigenvalue weighted by atomic mass is 10.1. The topological polar surface area (TPSA) is 20.3 Å². The number of carbonyl (C=O) groups is 1. The second-order valence-corrected chi connectivity index (χ2v) is 5.36. The molecule has 2 aliphatic rings. The van der Waals surface area contributed by atoms with Gasteiger partial charge in [-0.1, -0.05) is 42.5 Å². The largest absolute Gasteiger partial charge is 0.311 e. The van der Waals surface area contributed by atoms with Gasteiger partial charge in [-0.15, -0.1) is 0 Å². The zero-order valence-electron chi connectivity index (χ0n) is 9.87. The van der Waals surface area contributed by atoms with Gasteiger partial charge < -0.3 is 4.31 Å². The van der Waals surface area contributed by atoms with Gasteiger partial charge in [-0.05, 0) is 30.0 Å². The van der Waals surface area contributed by atoms with Gasteiger partial charge in [0, 0.05) is 16.7 Å². The summed E-state index contributed by atoms with van der Waals surface area (Å²) < 4.78 is 1.99. The molecule has 0 amide bonds. The highest BCUT2D eigenvalue weighted by Crippen LogP contribution is 2.35. The van der Waals surface area contributed by atoms with Crippen LogP contribution in [0.4, 0.5) is 0 Å². The first-order valence-electron chi connectivity index (χ1n) is 5.94. The van der Waals surface area contributed by atoms with Gasteiger partial charge in [-0.25, -0.2) is 0 Å². The van der Waals surface area contributed by atoms with Gasteiger partial charge in [0.15, 0.2) is 5.78 Å². The van der Waals surface area contributed by atoms with Crippen molar-refractivity contribution < 1.29 is 4.79 Å². The van der Waals surface area contributed by atoms with Crippen molar-refractivity contribution in [2.45, 2.75) is 6.42 Å². The van der Waals surface area contributed by atoms with Crippen LogP contribution in [0.5, 0.6) is 0 Å². The van der Waals surface area contributed by atoms with E-state index in [0.717, 1.165) is 12.0 Å². The predicted octanol–water partition coefficient (Wildman–Crippen LogP) is 3.56. The lowest BCUT2D eigenvalue weighted by molar-refractivity contribution is 0.0980. The lowest BCUT2D eigenvalue weighted by Gasteiger charge is -2.22. The summed E-state index contributed by atoms with van der Waals surface area (Å²) >= 11 is 1.64. The molecule has 0 fully saturated rings. The van der Waals surface area contributed by atoms with Crippen LogP contribution in [0.3, 0.4) is 0 Å². The standard InChI is InChI=1S/C15H13NOS/c17-14(12-5-2-1-3-6-12)11-16-10-9-13-7-4-8-15(13)18-16/h1-6,8-10H,7,11H2. The van der Waals surface area contributed by atoms with Crippen LogP contribution in [-0.4, -0.2) is 16.6 Å². The Hall–Kier alpha value is -1.74. The lowest BCUT2D eigenvalue weighted by Crippen LogP contribution is -2.20. The smallest absolute Gasteiger partial charge is 0.183 e. The van der Waals surface area contributed by atoms with Crippen LogP contribution in [0, 0.1) is 0 Å². The van der Waals surface area contributed by atoms with Crippen LogP contribution in [0.25, 0.3) is 0 Å². The Balaban J connectivity index is 1.67. The van der Waals surface area contributed by atoms with Crippen molar-refractivity contribution in [1.82, 2.24) is 4.31 Å². The number of hydrogen-bond acceptors (Lipinski definition) is 3. The molecule has 1 aromatic carbocycles. The summed E-state index contributed by atoms with van der Waals surface area (Å²) in [6.45, 7) is 0.413. The summed E-state index contributed by atoms with van der Waals surface area (Å²) in [5.74, 6) is 0.152. The minimum atomic E-state index is 0.152. The zero-order valence-corrected chi connectivity index (χ0v) is 10.7. The molecule has 0 saturated heterocycles. The molecule has 1 heterocycles. The number of nitrogens with zero attached hydrogens (tertiary/aromatic N) is 1. The minimum Gasteiger partial charge on any atom is -0.311 e. The van der Waals surface area contributed by atoms with Crippen molar-refractivity contribution in [3.05, 3.63) is 70.8 Å². The summed E-state index contributed by atoms with van der Waals surface area (Å²) in [6.07, 6.45) is 9.40. The molecule has 0 radical (unpaired) electrons. The fourth-order valence-corrected chi connectivity index (χ4v) is 2.99. The third-order valence-corrected chi connectivity index (χ3v) is 4.06. The molecule has 0 N–H and O–H groups in total. The van der Waals surface area contributed by atoms with E-state index in [9.17, 15) is 4.79 Å². The normalized spacial score (nSPS) is 17.2. The first kappa shape index (κ1) is 11.4. The number of carbonyl (C=O) groups excluding carboxylic acids is 1. The Morgan fingerprint density at radius 2 is 2.06 bits per heavy atom. The molecule has 3 rings (SSSR count). The molecule has 0 atom stereocenters. The van der Waals surface area contributed by atoms with E-state index in [1.54, 1.807) is 11.9 Å². The van der Waals surface area contributed by atoms with Gasteiger partial charge in [0.25, 0.3) is 0 Å². The Morgan fingerprint density at radius 3 is 2.89 bits per heavy atom. The Labute approximate surface area is 111 Å². The van der Waals surface area contributed by atoms with E-state index >= 15 is 0 Å². The van der Waals surface area contributed by atoms with Gasteiger partial charge in [0.1, 0.15) is 0 Å². The van der Waals surface area contributed by atoms with Crippen LogP contribution in [0.2, 0.25) is 0 Å². The van der Waals surface area contributed by atoms with E-state index in [0.29, 0.717) is 6.54 Å². The van der Waals surface area contributed by atoms with Crippen LogP contribution >= 0.6 is 11.9 Å². The average Bonchev–Trinajstić information content (AvgIpc) is 2.87. The number of hydrogen-bond donors (Lipinski definition) is 0. The van der Waals surface area contributed by atoms with Gasteiger partial charge >= 0.3 is 0 Å². The molecule has 3 heteroatoms. The third kappa shape index (κ3) is 2.27. The van der Waals surface area contributed by atoms with Crippen LogP contribution < -0.4 is 0 Å². The molecule has 0 aromatic heterocycles. The van der Waals surface area contributed by atoms with Gasteiger partial charge in [-0.2, -0.15) is 0 Å². The molecular weight excluding hydrogens is 242 g/mol. The SMILES string of the molecule is O=C(CN1C=CC2=C(C=CC2)S1)c1ccccc1. The monoisotopic (exact) mass is 255 g/mol. The molecular formula is C15H13NOS. The Kier molecular flexibility index (Phi) is 3.07. The zero-order chi connectivity index (χ0) is 12.4. The molecule has 1 aromatic rings. The van der Waals surface area contributed by atoms with Crippen molar-refractivity contribution in [2.75, 3.05) is 6.54 Å². The van der Waals surface area contributed by atoms with E-state index < -0.39 is 0 Å². The van der Waals surface area contributed by atoms with E-state index in [2.05, 4.69) is 18.2 Å². The van der Waals surface area contributed by atoms with Crippen LogP contribution in [-0.2, 0) is 0 Å². The van der Waals surface area contributed by atoms with Crippen molar-refractivity contribution >= 4 is 17.7 Å². The van der Waals surface area contributed by atoms with Crippen LogP contribution in [0.1, 0.15) is 16.8 Å². The Bertz CT molecular complexity index is 557. The highest BCUT2D eigenvalue weighted by Gasteiger charge is 2.18. The Morgan fingerprint density at radius 1 is 1.22 bits per heavy atom. The fourth-order valence-electron chi connectivity index (χ4n) is 2.01. The van der Waals surface area contributed by atoms with Crippen molar-refractivity contribution in [3.8, 4) is 0 Å². The third-order valence-electron chi connectivity index (χ3n) is 2.98. The maximum absolute atomic E-state index is 12.1. The number of rotatable bonds is 3. The van der Waals surface area contributed by atoms with Gasteiger partial charge in [0.05, 0.1) is 6.54 Å². The number of allylic oxidation sites excluding steroid dienone is 4. The van der Waals surface area contributed by atoms with Crippen LogP contribution in [0.15, 0.2) is 65.2 Å². The number of Topliss-reactive ketones (excluding diaryl/α,β-unsaturated/α-hetero) is 1. The highest BCUT2D eigenvalue weighted by molar-refractivity contribution is 8.01. The van der Waals surface area contributed by atoms with Gasteiger partial charge in [0.2, 0.25) is 0 Å². The quantitative estimate of drug-likeness (QED) is 0.608. The van der Waals surface area contributed by atoms with E-state index in [1.165, 1.54) is 10.5 Å². The molecule has 0 saturated carbocycles. The van der Waals surface area contributed by atoms with E-state index in [-0.39, 0.29) is 5.78 Å². The molecule has 0 bridgehead atoms. The maximum Gasteiger partial charge on any atom is 0.183 e. The molecule has 0 unspecified atom stereocenters. The van der Waals surface area contributed by atoms with E-state index in [1.807, 2.05) is 40.8 Å². The number of benzene rings is 1.